The fourth-order valence-electron chi connectivity index (χ4n) is 6.24. The molecule has 2 aliphatic heterocycles. The normalized spacial score (nSPS) is 27.5. The number of carbonyl (C=O) groups excluding carboxylic acids is 1. The number of ketones is 1. The molecule has 0 bridgehead atoms. The van der Waals surface area contributed by atoms with E-state index < -0.39 is 39.7 Å². The molecule has 2 heterocycles. The molecule has 2 unspecified atom stereocenters. The first-order valence-corrected chi connectivity index (χ1v) is 11.9. The van der Waals surface area contributed by atoms with Crippen molar-refractivity contribution in [3.63, 3.8) is 0 Å². The fraction of sp³-hybridized carbons (Fsp3) is 0.214. The van der Waals surface area contributed by atoms with Gasteiger partial charge in [-0.15, -0.1) is 0 Å². The lowest BCUT2D eigenvalue weighted by Crippen LogP contribution is -2.57. The van der Waals surface area contributed by atoms with E-state index in [2.05, 4.69) is 11.4 Å². The lowest BCUT2D eigenvalue weighted by molar-refractivity contribution is -0.442. The Labute approximate surface area is 212 Å². The lowest BCUT2D eigenvalue weighted by Gasteiger charge is -2.42. The highest BCUT2D eigenvalue weighted by Gasteiger charge is 2.85. The van der Waals surface area contributed by atoms with Crippen LogP contribution in [0.5, 0.6) is 0 Å². The topological polar surface area (TPSA) is 135 Å². The Bertz CT molecular complexity index is 1490. The molecule has 184 valence electrons. The number of fused-ring (bicyclic) bond motifs is 1. The summed E-state index contributed by atoms with van der Waals surface area (Å²) in [6.45, 7) is 0.455. The quantitative estimate of drug-likeness (QED) is 0.395. The first kappa shape index (κ1) is 22.9. The Morgan fingerprint density at radius 2 is 1.65 bits per heavy atom. The maximum atomic E-state index is 14.1. The number of nitriles is 1. The third-order valence-electron chi connectivity index (χ3n) is 7.59. The number of benzene rings is 3. The van der Waals surface area contributed by atoms with Crippen molar-refractivity contribution in [1.29, 1.82) is 5.26 Å². The monoisotopic (exact) mass is 493 g/mol. The SMILES string of the molecule is N#CC1C(N)O[C@@]23C(=O)c4ccccc4[C@@]12N(Cc1ccccc1)C(NCc1ccccc1)=C3[N+](=O)[O-]. The number of carbonyl (C=O) groups is 1. The zero-order valence-corrected chi connectivity index (χ0v) is 19.7. The molecule has 1 saturated heterocycles. The van der Waals surface area contributed by atoms with E-state index in [1.54, 1.807) is 29.2 Å². The van der Waals surface area contributed by atoms with Crippen molar-refractivity contribution < 1.29 is 14.5 Å². The molecular weight excluding hydrogens is 470 g/mol. The third kappa shape index (κ3) is 2.88. The average molecular weight is 494 g/mol. The molecular formula is C28H23N5O4. The van der Waals surface area contributed by atoms with Crippen LogP contribution >= 0.6 is 0 Å². The molecule has 1 aliphatic carbocycles. The zero-order valence-electron chi connectivity index (χ0n) is 19.7. The van der Waals surface area contributed by atoms with Crippen LogP contribution in [0.3, 0.4) is 0 Å². The standard InChI is InChI=1S/C28H23N5O4/c29-15-22-25(30)37-28-23(33(35)36)26(31-16-18-9-3-1-4-10-18)32(17-19-11-5-2-6-12-19)27(22,28)21-14-8-7-13-20(21)24(28)34/h1-14,22,25,31H,16-17,30H2/t22?,25?,27-,28+/m1/s1. The smallest absolute Gasteiger partial charge is 0.328 e. The van der Waals surface area contributed by atoms with Gasteiger partial charge < -0.3 is 20.7 Å². The minimum absolute atomic E-state index is 0.146. The molecule has 3 aromatic carbocycles. The summed E-state index contributed by atoms with van der Waals surface area (Å²) >= 11 is 0. The summed E-state index contributed by atoms with van der Waals surface area (Å²) in [6.07, 6.45) is -1.20. The van der Waals surface area contributed by atoms with Crippen molar-refractivity contribution >= 4 is 5.78 Å². The van der Waals surface area contributed by atoms with Gasteiger partial charge in [0.05, 0.1) is 11.0 Å². The molecule has 0 saturated carbocycles. The van der Waals surface area contributed by atoms with Crippen LogP contribution in [0.15, 0.2) is 96.4 Å². The Morgan fingerprint density at radius 3 is 2.30 bits per heavy atom. The molecule has 9 heteroatoms. The maximum Gasteiger partial charge on any atom is 0.328 e. The van der Waals surface area contributed by atoms with Crippen LogP contribution in [-0.2, 0) is 23.4 Å². The largest absolute Gasteiger partial charge is 0.362 e. The van der Waals surface area contributed by atoms with Crippen LogP contribution in [0.25, 0.3) is 0 Å². The van der Waals surface area contributed by atoms with Gasteiger partial charge in [-0.05, 0) is 16.7 Å². The van der Waals surface area contributed by atoms with E-state index in [0.717, 1.165) is 11.1 Å². The average Bonchev–Trinajstić information content (AvgIpc) is 3.40. The van der Waals surface area contributed by atoms with Gasteiger partial charge in [0.2, 0.25) is 5.78 Å². The van der Waals surface area contributed by atoms with Gasteiger partial charge in [0.15, 0.2) is 5.82 Å². The molecule has 37 heavy (non-hydrogen) atoms. The zero-order chi connectivity index (χ0) is 25.8. The van der Waals surface area contributed by atoms with Gasteiger partial charge in [-0.2, -0.15) is 5.26 Å². The summed E-state index contributed by atoms with van der Waals surface area (Å²) in [6, 6.07) is 28.0. The summed E-state index contributed by atoms with van der Waals surface area (Å²) in [5, 5.41) is 26.4. The number of nitrogens with two attached hydrogens (primary N) is 1. The van der Waals surface area contributed by atoms with Crippen LogP contribution in [0.1, 0.15) is 27.0 Å². The summed E-state index contributed by atoms with van der Waals surface area (Å²) in [4.78, 5) is 28.2. The number of rotatable bonds is 6. The fourth-order valence-corrected chi connectivity index (χ4v) is 6.24. The van der Waals surface area contributed by atoms with Crippen molar-refractivity contribution in [2.75, 3.05) is 0 Å². The number of nitrogens with one attached hydrogen (secondary N) is 1. The molecule has 3 aliphatic rings. The van der Waals surface area contributed by atoms with E-state index in [4.69, 9.17) is 10.5 Å². The second kappa shape index (κ2) is 8.27. The van der Waals surface area contributed by atoms with Crippen LogP contribution in [0, 0.1) is 27.4 Å². The molecule has 6 rings (SSSR count). The van der Waals surface area contributed by atoms with E-state index in [1.165, 1.54) is 0 Å². The minimum Gasteiger partial charge on any atom is -0.362 e. The number of hydrogen-bond donors (Lipinski definition) is 2. The maximum absolute atomic E-state index is 14.1. The molecule has 0 spiro atoms. The minimum atomic E-state index is -2.08. The summed E-state index contributed by atoms with van der Waals surface area (Å²) < 4.78 is 6.13. The number of ether oxygens (including phenoxy) is 1. The molecule has 0 amide bonds. The Kier molecular flexibility index (Phi) is 5.12. The van der Waals surface area contributed by atoms with Crippen LogP contribution in [0.4, 0.5) is 0 Å². The van der Waals surface area contributed by atoms with Crippen LogP contribution < -0.4 is 11.1 Å². The van der Waals surface area contributed by atoms with Crippen molar-refractivity contribution in [3.8, 4) is 6.07 Å². The first-order chi connectivity index (χ1) is 18.0. The third-order valence-corrected chi connectivity index (χ3v) is 7.59. The van der Waals surface area contributed by atoms with Crippen LogP contribution in [-0.4, -0.2) is 27.4 Å². The summed E-state index contributed by atoms with van der Waals surface area (Å²) in [7, 11) is 0. The number of nitrogens with zero attached hydrogens (tertiary/aromatic N) is 3. The highest BCUT2D eigenvalue weighted by Crippen LogP contribution is 2.67. The van der Waals surface area contributed by atoms with E-state index >= 15 is 0 Å². The van der Waals surface area contributed by atoms with Gasteiger partial charge in [-0.3, -0.25) is 14.9 Å². The highest BCUT2D eigenvalue weighted by atomic mass is 16.6. The van der Waals surface area contributed by atoms with Gasteiger partial charge in [0.25, 0.3) is 5.60 Å². The van der Waals surface area contributed by atoms with Crippen molar-refractivity contribution in [1.82, 2.24) is 10.2 Å². The van der Waals surface area contributed by atoms with Gasteiger partial charge in [-0.1, -0.05) is 84.9 Å². The molecule has 0 radical (unpaired) electrons. The number of Topliss-reactive ketones (excluding diaryl/α,β-unsaturated/α-hetero) is 1. The molecule has 1 fully saturated rings. The Hall–Kier alpha value is -4.52. The summed E-state index contributed by atoms with van der Waals surface area (Å²) in [5.41, 5.74) is 4.85. The molecule has 4 atom stereocenters. The van der Waals surface area contributed by atoms with Gasteiger partial charge >= 0.3 is 5.70 Å². The van der Waals surface area contributed by atoms with E-state index in [-0.39, 0.29) is 18.9 Å². The predicted octanol–water partition coefficient (Wildman–Crippen LogP) is 3.02. The number of hydrogen-bond acceptors (Lipinski definition) is 8. The van der Waals surface area contributed by atoms with Gasteiger partial charge in [0.1, 0.15) is 17.7 Å². The van der Waals surface area contributed by atoms with Gasteiger partial charge in [-0.25, -0.2) is 0 Å². The van der Waals surface area contributed by atoms with E-state index in [0.29, 0.717) is 11.1 Å². The molecule has 3 N–H and O–H groups in total. The second-order valence-electron chi connectivity index (χ2n) is 9.38. The van der Waals surface area contributed by atoms with E-state index in [1.807, 2.05) is 60.7 Å². The predicted molar refractivity (Wildman–Crippen MR) is 133 cm³/mol. The second-order valence-corrected chi connectivity index (χ2v) is 9.38. The van der Waals surface area contributed by atoms with Crippen molar-refractivity contribution in [3.05, 3.63) is 129 Å². The first-order valence-electron chi connectivity index (χ1n) is 11.9. The Balaban J connectivity index is 1.63. The highest BCUT2D eigenvalue weighted by molar-refractivity contribution is 6.12. The van der Waals surface area contributed by atoms with Gasteiger partial charge in [0, 0.05) is 18.7 Å². The van der Waals surface area contributed by atoms with E-state index in [9.17, 15) is 20.2 Å². The molecule has 9 nitrogen and oxygen atoms in total. The van der Waals surface area contributed by atoms with Crippen molar-refractivity contribution in [2.24, 2.45) is 11.7 Å². The number of nitro groups is 1. The molecule has 3 aromatic rings. The summed E-state index contributed by atoms with van der Waals surface area (Å²) in [5.74, 6) is -1.47. The van der Waals surface area contributed by atoms with Crippen molar-refractivity contribution in [2.45, 2.75) is 30.5 Å². The molecule has 0 aromatic heterocycles. The lowest BCUT2D eigenvalue weighted by atomic mass is 9.72. The van der Waals surface area contributed by atoms with Crippen LogP contribution in [0.2, 0.25) is 0 Å². The Morgan fingerprint density at radius 1 is 1.03 bits per heavy atom.